The zero-order valence-electron chi connectivity index (χ0n) is 69.9. The van der Waals surface area contributed by atoms with Gasteiger partial charge in [-0.25, -0.2) is 44.2 Å². The summed E-state index contributed by atoms with van der Waals surface area (Å²) >= 11 is 10.2. The number of pyridine rings is 1. The van der Waals surface area contributed by atoms with Gasteiger partial charge in [-0.2, -0.15) is 42.0 Å². The van der Waals surface area contributed by atoms with Crippen molar-refractivity contribution in [2.75, 3.05) is 0 Å². The highest BCUT2D eigenvalue weighted by Gasteiger charge is 1.93. The van der Waals surface area contributed by atoms with Gasteiger partial charge in [0.1, 0.15) is 37.8 Å². The number of furan rings is 1. The van der Waals surface area contributed by atoms with Crippen LogP contribution in [-0.2, 0) is 0 Å². The van der Waals surface area contributed by atoms with Gasteiger partial charge >= 0.3 is 0 Å². The molecule has 22 heterocycles. The van der Waals surface area contributed by atoms with E-state index in [1.807, 2.05) is 180 Å². The van der Waals surface area contributed by atoms with Gasteiger partial charge in [0.05, 0.1) is 77.5 Å². The zero-order valence-corrected chi connectivity index (χ0v) is 74.8. The summed E-state index contributed by atoms with van der Waals surface area (Å²) in [6.07, 6.45) is 65.9. The molecule has 6 N–H and O–H groups in total. The number of oxazole rings is 1. The normalized spacial score (nSPS) is 8.26. The summed E-state index contributed by atoms with van der Waals surface area (Å²) in [7, 11) is 0. The molecule has 38 heteroatoms. The first kappa shape index (κ1) is 126. The van der Waals surface area contributed by atoms with Crippen molar-refractivity contribution < 1.29 is 13.4 Å². The number of aromatic nitrogens is 29. The fourth-order valence-electron chi connectivity index (χ4n) is 7.95. The first-order valence-corrected chi connectivity index (χ1v) is 43.8. The molecule has 0 spiro atoms. The summed E-state index contributed by atoms with van der Waals surface area (Å²) in [5, 5.41) is 42.9. The van der Waals surface area contributed by atoms with Crippen LogP contribution in [0.25, 0.3) is 52.5 Å². The van der Waals surface area contributed by atoms with E-state index in [0.29, 0.717) is 0 Å². The molecule has 0 amide bonds. The summed E-state index contributed by atoms with van der Waals surface area (Å²) in [5.74, 6) is 0. The first-order chi connectivity index (χ1) is 65.3. The Morgan fingerprint density at radius 1 is 0.259 bits per heavy atom. The van der Waals surface area contributed by atoms with Crippen LogP contribution in [0.15, 0.2) is 518 Å². The Bertz CT molecular complexity index is 4970. The molecule has 32 nitrogen and oxygen atoms in total. The van der Waals surface area contributed by atoms with Crippen LogP contribution in [0.3, 0.4) is 0 Å². The van der Waals surface area contributed by atoms with E-state index in [1.54, 1.807) is 261 Å². The minimum atomic E-state index is 0. The highest BCUT2D eigenvalue weighted by atomic mass is 32.1. The molecule has 0 unspecified atom stereocenters. The third-order valence-corrected chi connectivity index (χ3v) is 17.8. The maximum Gasteiger partial charge on any atom is 0.180 e. The van der Waals surface area contributed by atoms with Crippen LogP contribution >= 0.6 is 68.2 Å². The average molecular weight is 1980 g/mol. The Morgan fingerprint density at radius 2 is 0.820 bits per heavy atom. The molecule has 0 aliphatic heterocycles. The Morgan fingerprint density at radius 3 is 1.14 bits per heavy atom. The van der Waals surface area contributed by atoms with Crippen LogP contribution in [0.1, 0.15) is 59.4 Å². The first-order valence-electron chi connectivity index (χ1n) is 38.4. The smallest absolute Gasteiger partial charge is 0.180 e. The molecular weight excluding hydrogens is 1860 g/mol. The highest BCUT2D eigenvalue weighted by molar-refractivity contribution is 7.25. The number of para-hydroxylation sites is 5. The van der Waals surface area contributed by atoms with Gasteiger partial charge in [0.25, 0.3) is 0 Å². The largest absolute Gasteiger partial charge is 0.473 e. The second-order valence-corrected chi connectivity index (χ2v) is 27.5. The molecule has 724 valence electrons. The Labute approximate surface area is 837 Å². The number of benzene rings is 4. The molecule has 0 saturated heterocycles. The lowest BCUT2D eigenvalue weighted by molar-refractivity contribution is 0.420. The Hall–Kier alpha value is -17.2. The van der Waals surface area contributed by atoms with Gasteiger partial charge < -0.3 is 33.3 Å². The molecule has 4 aromatic carbocycles. The maximum absolute atomic E-state index is 4.58. The molecule has 26 rings (SSSR count). The lowest BCUT2D eigenvalue weighted by Crippen LogP contribution is -1.78. The predicted molar refractivity (Wildman–Crippen MR) is 576 cm³/mol. The molecule has 26 aromatic rings. The van der Waals surface area contributed by atoms with Crippen molar-refractivity contribution in [3.8, 4) is 0 Å². The van der Waals surface area contributed by atoms with Crippen molar-refractivity contribution in [1.29, 1.82) is 0 Å². The van der Waals surface area contributed by atoms with Crippen LogP contribution in [0, 0.1) is 0 Å². The summed E-state index contributed by atoms with van der Waals surface area (Å²) in [6, 6.07) is 69.1. The van der Waals surface area contributed by atoms with E-state index in [9.17, 15) is 0 Å². The number of rotatable bonds is 0. The monoisotopic (exact) mass is 1980 g/mol. The van der Waals surface area contributed by atoms with E-state index in [2.05, 4.69) is 235 Å². The third-order valence-electron chi connectivity index (χ3n) is 13.4. The topological polar surface area (TPSA) is 431 Å². The maximum atomic E-state index is 4.58. The lowest BCUT2D eigenvalue weighted by atomic mass is 10.3. The van der Waals surface area contributed by atoms with E-state index in [-0.39, 0.29) is 59.4 Å². The summed E-state index contributed by atoms with van der Waals surface area (Å²) < 4.78 is 21.3. The van der Waals surface area contributed by atoms with Crippen molar-refractivity contribution in [1.82, 2.24) is 145 Å². The number of thiophene rings is 4. The number of hydrogen-bond donors (Lipinski definition) is 6. The van der Waals surface area contributed by atoms with E-state index in [0.717, 1.165) is 22.1 Å². The number of fused-ring (bicyclic) bond motifs is 5. The number of aromatic amines is 6. The third kappa shape index (κ3) is 72.1. The van der Waals surface area contributed by atoms with Gasteiger partial charge in [0.15, 0.2) is 6.39 Å². The van der Waals surface area contributed by atoms with Crippen molar-refractivity contribution in [2.24, 2.45) is 0 Å². The van der Waals surface area contributed by atoms with Crippen molar-refractivity contribution >= 4 is 121 Å². The molecule has 0 atom stereocenters. The van der Waals surface area contributed by atoms with Gasteiger partial charge in [-0.3, -0.25) is 45.0 Å². The summed E-state index contributed by atoms with van der Waals surface area (Å²) in [4.78, 5) is 71.7. The highest BCUT2D eigenvalue weighted by Crippen LogP contribution is 2.25. The van der Waals surface area contributed by atoms with Gasteiger partial charge in [0, 0.05) is 185 Å². The quantitative estimate of drug-likeness (QED) is 0.0821. The van der Waals surface area contributed by atoms with Gasteiger partial charge in [-0.15, -0.1) is 45.3 Å². The molecule has 0 radical (unpaired) electrons. The van der Waals surface area contributed by atoms with Gasteiger partial charge in [-0.1, -0.05) is 143 Å². The molecule has 22 aromatic heterocycles. The van der Waals surface area contributed by atoms with Crippen LogP contribution in [-0.4, -0.2) is 145 Å². The van der Waals surface area contributed by atoms with E-state index >= 15 is 0 Å². The second kappa shape index (κ2) is 96.9. The zero-order chi connectivity index (χ0) is 91.3. The molecular formula is C101H121N29O3S6. The number of thiazole rings is 1. The second-order valence-electron chi connectivity index (χ2n) is 22.4. The van der Waals surface area contributed by atoms with Crippen LogP contribution in [0.2, 0.25) is 0 Å². The predicted octanol–water partition coefficient (Wildman–Crippen LogP) is 27.5. The van der Waals surface area contributed by atoms with E-state index < -0.39 is 0 Å². The van der Waals surface area contributed by atoms with Crippen LogP contribution < -0.4 is 0 Å². The standard InChI is InChI=1S/C8H6N2.C8H7N.C8H6S.C7H6N2.C6H4S2.C5H5N.4C4H4N2.C4H5N.C4H4O.C4H4S.C3H3N3.2C3H4N2.2C3H3NO.2C3H3NS.C2H3N3.8CH4/c1-2-4-8-7(3-1)9-5-6-10-8;2*1-2-4-8-7(3-1)5-6-9-8;1-2-4-7-6(3-1)8-5-9-7;1-3-7-6-2-4-8-5(1)6;1-2-4-6-5-3-1;2*1-2-6-4-3-5-1;1-2-5-4-6-3-1;1-2-4-6-5-3-1;3*1-2-4-5-3-1;1-4-2-6-3-5-1;1-2-5-3-4-1;1-2-4-5-3-1;1-2-5-3-4-1;1-2-4-5-3-1;1-2-5-3-4-1;2*1-2-4-5-3-1;;;;;;;;/h1-6H;1-6,9H;1-6H;1-5H,(H,8,9);1-4H;1-5H;4*1-4H;1-5H;2*1-4H;1-3H;2*1-3H,(H,4,5);4*1-3H;1-2H,(H,3,4,5);8*1H4. The van der Waals surface area contributed by atoms with Crippen LogP contribution in [0.5, 0.6) is 0 Å². The number of hydrogen-bond acceptors (Lipinski definition) is 32. The molecule has 0 fully saturated rings. The molecule has 0 bridgehead atoms. The SMILES string of the molecule is C.C.C.C.C.C.C.C.c1c[nH]cn1.c1cc2sccc2s1.c1cc[nH]c1.c1ccc2[nH]ccc2c1.c1ccc2[nH]cnc2c1.c1ccc2nccnc2c1.c1ccc2sccc2c1.c1ccncc1.c1ccnnc1.c1ccoc1.c1ccsc1.c1cn[nH]c1.c1cn[nH]n1.c1cnccn1.c1cnccn1.c1cncnc1.c1cnoc1.c1cnsc1.c1cocn1.c1cscn1.c1ncncn1. The Balaban J connectivity index is -0.00000140. The molecule has 0 aliphatic carbocycles. The summed E-state index contributed by atoms with van der Waals surface area (Å²) in [6.45, 7) is 0. The molecule has 0 saturated carbocycles. The number of nitrogens with zero attached hydrogens (tertiary/aromatic N) is 23. The van der Waals surface area contributed by atoms with Gasteiger partial charge in [-0.05, 0) is 183 Å². The fourth-order valence-corrected chi connectivity index (χ4v) is 11.7. The lowest BCUT2D eigenvalue weighted by Gasteiger charge is -1.90. The van der Waals surface area contributed by atoms with E-state index in [4.69, 9.17) is 0 Å². The minimum absolute atomic E-state index is 0. The summed E-state index contributed by atoms with van der Waals surface area (Å²) in [5.41, 5.74) is 7.02. The van der Waals surface area contributed by atoms with Crippen LogP contribution in [0.4, 0.5) is 0 Å². The Kier molecular flexibility index (Phi) is 87.8. The fraction of sp³-hybridized carbons (Fsp3) is 0.0792. The van der Waals surface area contributed by atoms with E-state index in [1.165, 1.54) is 86.2 Å². The average Bonchev–Trinajstić information content (AvgIpc) is 1.66. The number of nitrogens with one attached hydrogen (secondary N) is 6. The number of imidazole rings is 2. The van der Waals surface area contributed by atoms with Crippen molar-refractivity contribution in [3.05, 3.63) is 505 Å². The molecule has 139 heavy (non-hydrogen) atoms. The van der Waals surface area contributed by atoms with Crippen molar-refractivity contribution in [2.45, 2.75) is 59.4 Å². The number of H-pyrrole nitrogens is 6. The minimum Gasteiger partial charge on any atom is -0.473 e. The van der Waals surface area contributed by atoms with Gasteiger partial charge in [0.2, 0.25) is 0 Å². The molecule has 0 aliphatic rings. The van der Waals surface area contributed by atoms with Crippen molar-refractivity contribution in [3.63, 3.8) is 0 Å².